The number of carbonyl (C=O) groups excluding carboxylic acids is 1. The first-order valence-electron chi connectivity index (χ1n) is 7.18. The van der Waals surface area contributed by atoms with Gasteiger partial charge in [0.05, 0.1) is 30.6 Å². The second-order valence-electron chi connectivity index (χ2n) is 6.72. The SMILES string of the molecule is CC(C)(C)OC(=O)NC(C)(C)c1ccnn1CCOS(C)(=O)=O. The minimum Gasteiger partial charge on any atom is -0.444 e. The van der Waals surface area contributed by atoms with Crippen molar-refractivity contribution in [2.45, 2.75) is 52.3 Å². The molecule has 132 valence electrons. The molecular formula is C14H25N3O5S. The van der Waals surface area contributed by atoms with Crippen LogP contribution in [-0.2, 0) is 31.1 Å². The van der Waals surface area contributed by atoms with Crippen LogP contribution in [0.25, 0.3) is 0 Å². The van der Waals surface area contributed by atoms with Gasteiger partial charge in [0.15, 0.2) is 0 Å². The Morgan fingerprint density at radius 1 is 1.30 bits per heavy atom. The fraction of sp³-hybridized carbons (Fsp3) is 0.714. The van der Waals surface area contributed by atoms with E-state index in [4.69, 9.17) is 8.92 Å². The van der Waals surface area contributed by atoms with Gasteiger partial charge >= 0.3 is 6.09 Å². The summed E-state index contributed by atoms with van der Waals surface area (Å²) in [5.74, 6) is 0. The number of nitrogens with zero attached hydrogens (tertiary/aromatic N) is 2. The summed E-state index contributed by atoms with van der Waals surface area (Å²) in [6.45, 7) is 9.18. The van der Waals surface area contributed by atoms with Gasteiger partial charge in [-0.2, -0.15) is 13.5 Å². The van der Waals surface area contributed by atoms with Crippen LogP contribution in [0, 0.1) is 0 Å². The maximum atomic E-state index is 12.0. The third kappa shape index (κ3) is 7.00. The predicted molar refractivity (Wildman–Crippen MR) is 85.4 cm³/mol. The highest BCUT2D eigenvalue weighted by atomic mass is 32.2. The van der Waals surface area contributed by atoms with E-state index in [0.717, 1.165) is 6.26 Å². The molecular weight excluding hydrogens is 322 g/mol. The van der Waals surface area contributed by atoms with Crippen molar-refractivity contribution in [2.75, 3.05) is 12.9 Å². The summed E-state index contributed by atoms with van der Waals surface area (Å²) in [6, 6.07) is 1.75. The van der Waals surface area contributed by atoms with Gasteiger partial charge in [-0.05, 0) is 40.7 Å². The third-order valence-corrected chi connectivity index (χ3v) is 3.37. The summed E-state index contributed by atoms with van der Waals surface area (Å²) >= 11 is 0. The molecule has 1 aromatic rings. The van der Waals surface area contributed by atoms with Crippen molar-refractivity contribution in [3.05, 3.63) is 18.0 Å². The Morgan fingerprint density at radius 2 is 1.91 bits per heavy atom. The van der Waals surface area contributed by atoms with Crippen LogP contribution in [0.2, 0.25) is 0 Å². The summed E-state index contributed by atoms with van der Waals surface area (Å²) in [5, 5.41) is 6.91. The summed E-state index contributed by atoms with van der Waals surface area (Å²) in [4.78, 5) is 12.0. The molecule has 0 saturated carbocycles. The number of rotatable bonds is 6. The molecule has 0 spiro atoms. The normalized spacial score (nSPS) is 13.0. The molecule has 1 rings (SSSR count). The molecule has 9 heteroatoms. The molecule has 0 atom stereocenters. The van der Waals surface area contributed by atoms with Crippen molar-refractivity contribution >= 4 is 16.2 Å². The van der Waals surface area contributed by atoms with Crippen molar-refractivity contribution < 1.29 is 22.1 Å². The Kier molecular flexibility index (Phi) is 5.81. The van der Waals surface area contributed by atoms with Crippen LogP contribution < -0.4 is 5.32 Å². The van der Waals surface area contributed by atoms with E-state index in [2.05, 4.69) is 10.4 Å². The highest BCUT2D eigenvalue weighted by Crippen LogP contribution is 2.20. The second kappa shape index (κ2) is 6.88. The smallest absolute Gasteiger partial charge is 0.408 e. The molecule has 0 radical (unpaired) electrons. The van der Waals surface area contributed by atoms with E-state index in [0.29, 0.717) is 5.69 Å². The zero-order valence-electron chi connectivity index (χ0n) is 14.4. The number of aromatic nitrogens is 2. The molecule has 8 nitrogen and oxygen atoms in total. The van der Waals surface area contributed by atoms with Crippen LogP contribution in [0.15, 0.2) is 12.3 Å². The molecule has 0 unspecified atom stereocenters. The fourth-order valence-electron chi connectivity index (χ4n) is 1.94. The summed E-state index contributed by atoms with van der Waals surface area (Å²) in [7, 11) is -3.50. The second-order valence-corrected chi connectivity index (χ2v) is 8.36. The third-order valence-electron chi connectivity index (χ3n) is 2.77. The van der Waals surface area contributed by atoms with Crippen LogP contribution in [0.1, 0.15) is 40.3 Å². The first kappa shape index (κ1) is 19.4. The van der Waals surface area contributed by atoms with Gasteiger partial charge in [-0.25, -0.2) is 4.79 Å². The van der Waals surface area contributed by atoms with Crippen molar-refractivity contribution in [2.24, 2.45) is 0 Å². The van der Waals surface area contributed by atoms with E-state index in [9.17, 15) is 13.2 Å². The molecule has 0 bridgehead atoms. The molecule has 1 amide bonds. The van der Waals surface area contributed by atoms with Gasteiger partial charge in [-0.1, -0.05) is 0 Å². The lowest BCUT2D eigenvalue weighted by molar-refractivity contribution is 0.0466. The number of ether oxygens (including phenoxy) is 1. The highest BCUT2D eigenvalue weighted by Gasteiger charge is 2.29. The van der Waals surface area contributed by atoms with Gasteiger partial charge < -0.3 is 10.1 Å². The number of hydrogen-bond donors (Lipinski definition) is 1. The number of nitrogens with one attached hydrogen (secondary N) is 1. The van der Waals surface area contributed by atoms with Gasteiger partial charge in [0.1, 0.15) is 5.60 Å². The largest absolute Gasteiger partial charge is 0.444 e. The Morgan fingerprint density at radius 3 is 2.43 bits per heavy atom. The molecule has 1 heterocycles. The first-order chi connectivity index (χ1) is 10.3. The lowest BCUT2D eigenvalue weighted by Gasteiger charge is -2.29. The molecule has 0 aliphatic rings. The van der Waals surface area contributed by atoms with Gasteiger partial charge in [0.2, 0.25) is 0 Å². The van der Waals surface area contributed by atoms with Crippen LogP contribution in [0.3, 0.4) is 0 Å². The molecule has 1 aromatic heterocycles. The van der Waals surface area contributed by atoms with Crippen LogP contribution in [0.5, 0.6) is 0 Å². The van der Waals surface area contributed by atoms with Crippen molar-refractivity contribution in [3.63, 3.8) is 0 Å². The molecule has 0 aromatic carbocycles. The Hall–Kier alpha value is -1.61. The average molecular weight is 347 g/mol. The number of hydrogen-bond acceptors (Lipinski definition) is 6. The van der Waals surface area contributed by atoms with Gasteiger partial charge in [0, 0.05) is 6.20 Å². The highest BCUT2D eigenvalue weighted by molar-refractivity contribution is 7.85. The van der Waals surface area contributed by atoms with Crippen LogP contribution in [-0.4, -0.2) is 42.8 Å². The topological polar surface area (TPSA) is 99.5 Å². The first-order valence-corrected chi connectivity index (χ1v) is 9.00. The van der Waals surface area contributed by atoms with E-state index in [1.165, 1.54) is 0 Å². The van der Waals surface area contributed by atoms with E-state index in [1.54, 1.807) is 37.7 Å². The lowest BCUT2D eigenvalue weighted by Crippen LogP contribution is -2.45. The lowest BCUT2D eigenvalue weighted by atomic mass is 10.0. The maximum Gasteiger partial charge on any atom is 0.408 e. The minimum absolute atomic E-state index is 0.0317. The van der Waals surface area contributed by atoms with Crippen LogP contribution in [0.4, 0.5) is 4.79 Å². The summed E-state index contributed by atoms with van der Waals surface area (Å²) in [5.41, 5.74) is -0.631. The van der Waals surface area contributed by atoms with Gasteiger partial charge in [-0.3, -0.25) is 8.86 Å². The van der Waals surface area contributed by atoms with E-state index in [-0.39, 0.29) is 13.2 Å². The molecule has 0 aliphatic carbocycles. The van der Waals surface area contributed by atoms with E-state index < -0.39 is 27.4 Å². The van der Waals surface area contributed by atoms with Crippen molar-refractivity contribution in [1.29, 1.82) is 0 Å². The predicted octanol–water partition coefficient (Wildman–Crippen LogP) is 1.62. The average Bonchev–Trinajstić information content (AvgIpc) is 2.72. The van der Waals surface area contributed by atoms with Crippen molar-refractivity contribution in [3.8, 4) is 0 Å². The maximum absolute atomic E-state index is 12.0. The van der Waals surface area contributed by atoms with Crippen LogP contribution >= 0.6 is 0 Å². The summed E-state index contributed by atoms with van der Waals surface area (Å²) in [6.07, 6.45) is 2.03. The quantitative estimate of drug-likeness (QED) is 0.785. The number of alkyl carbamates (subject to hydrolysis) is 1. The fourth-order valence-corrected chi connectivity index (χ4v) is 2.32. The Balaban J connectivity index is 2.77. The zero-order valence-corrected chi connectivity index (χ0v) is 15.2. The molecule has 0 aliphatic heterocycles. The molecule has 0 saturated heterocycles. The van der Waals surface area contributed by atoms with Crippen molar-refractivity contribution in [1.82, 2.24) is 15.1 Å². The van der Waals surface area contributed by atoms with Gasteiger partial charge in [-0.15, -0.1) is 0 Å². The molecule has 0 fully saturated rings. The van der Waals surface area contributed by atoms with E-state index in [1.807, 2.05) is 13.8 Å². The number of carbonyl (C=O) groups is 1. The standard InChI is InChI=1S/C14H25N3O5S/c1-13(2,3)22-12(18)16-14(4,5)11-7-8-15-17(11)9-10-21-23(6,19)20/h7-8H,9-10H2,1-6H3,(H,16,18). The summed E-state index contributed by atoms with van der Waals surface area (Å²) < 4.78 is 33.5. The Bertz CT molecular complexity index is 644. The monoisotopic (exact) mass is 347 g/mol. The minimum atomic E-state index is -3.50. The molecule has 23 heavy (non-hydrogen) atoms. The number of amides is 1. The molecule has 1 N–H and O–H groups in total. The zero-order chi connectivity index (χ0) is 17.9. The van der Waals surface area contributed by atoms with Gasteiger partial charge in [0.25, 0.3) is 10.1 Å². The van der Waals surface area contributed by atoms with E-state index >= 15 is 0 Å². The Labute approximate surface area is 137 Å².